The Morgan fingerprint density at radius 2 is 2.00 bits per heavy atom. The summed E-state index contributed by atoms with van der Waals surface area (Å²) in [5.74, 6) is 0.857. The third kappa shape index (κ3) is 4.16. The van der Waals surface area contributed by atoms with E-state index < -0.39 is 5.97 Å². The first-order valence-corrected chi connectivity index (χ1v) is 8.16. The molecule has 0 atom stereocenters. The van der Waals surface area contributed by atoms with Crippen molar-refractivity contribution in [1.82, 2.24) is 14.9 Å². The van der Waals surface area contributed by atoms with Crippen molar-refractivity contribution in [2.45, 2.75) is 32.2 Å². The third-order valence-electron chi connectivity index (χ3n) is 4.07. The monoisotopic (exact) mass is 314 g/mol. The number of nitrogens with zero attached hydrogens (tertiary/aromatic N) is 3. The highest BCUT2D eigenvalue weighted by molar-refractivity contribution is 5.88. The molecule has 2 aromatic rings. The van der Waals surface area contributed by atoms with Gasteiger partial charge in [0, 0.05) is 18.4 Å². The first-order chi connectivity index (χ1) is 11.2. The summed E-state index contributed by atoms with van der Waals surface area (Å²) in [6.07, 6.45) is 3.23. The van der Waals surface area contributed by atoms with Crippen molar-refractivity contribution >= 4 is 22.7 Å². The number of benzene rings is 1. The van der Waals surface area contributed by atoms with Gasteiger partial charge in [-0.3, -0.25) is 9.69 Å². The SMILES string of the molecule is O=C(O)CCCNc1nc(CN2CCCC2)nc2ccccc12. The van der Waals surface area contributed by atoms with E-state index in [0.717, 1.165) is 42.2 Å². The maximum Gasteiger partial charge on any atom is 0.303 e. The Balaban J connectivity index is 1.77. The number of aliphatic carboxylic acids is 1. The van der Waals surface area contributed by atoms with Gasteiger partial charge in [-0.05, 0) is 44.5 Å². The molecule has 0 spiro atoms. The summed E-state index contributed by atoms with van der Waals surface area (Å²) in [5, 5.41) is 13.0. The summed E-state index contributed by atoms with van der Waals surface area (Å²) >= 11 is 0. The van der Waals surface area contributed by atoms with Crippen molar-refractivity contribution in [3.63, 3.8) is 0 Å². The van der Waals surface area contributed by atoms with Crippen LogP contribution in [0.3, 0.4) is 0 Å². The smallest absolute Gasteiger partial charge is 0.303 e. The Kier molecular flexibility index (Phi) is 5.02. The molecule has 2 heterocycles. The van der Waals surface area contributed by atoms with Crippen LogP contribution in [-0.4, -0.2) is 45.6 Å². The summed E-state index contributed by atoms with van der Waals surface area (Å²) in [5.41, 5.74) is 0.928. The Bertz CT molecular complexity index is 683. The number of carboxylic acids is 1. The molecule has 3 rings (SSSR count). The van der Waals surface area contributed by atoms with Crippen molar-refractivity contribution in [2.75, 3.05) is 25.0 Å². The van der Waals surface area contributed by atoms with Crippen LogP contribution in [0, 0.1) is 0 Å². The number of anilines is 1. The molecule has 122 valence electrons. The van der Waals surface area contributed by atoms with Crippen molar-refractivity contribution < 1.29 is 9.90 Å². The van der Waals surface area contributed by atoms with E-state index in [1.54, 1.807) is 0 Å². The highest BCUT2D eigenvalue weighted by atomic mass is 16.4. The van der Waals surface area contributed by atoms with Gasteiger partial charge in [0.2, 0.25) is 0 Å². The lowest BCUT2D eigenvalue weighted by Gasteiger charge is -2.15. The quantitative estimate of drug-likeness (QED) is 0.765. The molecule has 1 aromatic heterocycles. The number of carboxylic acid groups (broad SMARTS) is 1. The number of likely N-dealkylation sites (tertiary alicyclic amines) is 1. The molecule has 0 bridgehead atoms. The Hall–Kier alpha value is -2.21. The fourth-order valence-corrected chi connectivity index (χ4v) is 2.92. The van der Waals surface area contributed by atoms with Crippen LogP contribution < -0.4 is 5.32 Å². The minimum Gasteiger partial charge on any atom is -0.481 e. The number of carbonyl (C=O) groups is 1. The number of rotatable bonds is 7. The predicted molar refractivity (Wildman–Crippen MR) is 89.4 cm³/mol. The van der Waals surface area contributed by atoms with Crippen molar-refractivity contribution in [3.05, 3.63) is 30.1 Å². The number of hydrogen-bond donors (Lipinski definition) is 2. The highest BCUT2D eigenvalue weighted by Crippen LogP contribution is 2.21. The largest absolute Gasteiger partial charge is 0.481 e. The van der Waals surface area contributed by atoms with E-state index in [9.17, 15) is 4.79 Å². The third-order valence-corrected chi connectivity index (χ3v) is 4.07. The molecule has 6 heteroatoms. The second kappa shape index (κ2) is 7.37. The van der Waals surface area contributed by atoms with Gasteiger partial charge in [-0.1, -0.05) is 12.1 Å². The zero-order chi connectivity index (χ0) is 16.1. The minimum atomic E-state index is -0.769. The first kappa shape index (κ1) is 15.7. The first-order valence-electron chi connectivity index (χ1n) is 8.16. The molecule has 0 unspecified atom stereocenters. The lowest BCUT2D eigenvalue weighted by molar-refractivity contribution is -0.137. The summed E-state index contributed by atoms with van der Waals surface area (Å²) < 4.78 is 0. The Labute approximate surface area is 135 Å². The molecule has 1 aliphatic rings. The van der Waals surface area contributed by atoms with Crippen LogP contribution in [0.5, 0.6) is 0 Å². The Morgan fingerprint density at radius 3 is 2.78 bits per heavy atom. The van der Waals surface area contributed by atoms with E-state index in [-0.39, 0.29) is 6.42 Å². The van der Waals surface area contributed by atoms with Gasteiger partial charge < -0.3 is 10.4 Å². The molecule has 1 fully saturated rings. The van der Waals surface area contributed by atoms with Crippen LogP contribution >= 0.6 is 0 Å². The molecule has 1 saturated heterocycles. The summed E-state index contributed by atoms with van der Waals surface area (Å²) in [6, 6.07) is 7.93. The minimum absolute atomic E-state index is 0.163. The van der Waals surface area contributed by atoms with Gasteiger partial charge in [0.05, 0.1) is 12.1 Å². The van der Waals surface area contributed by atoms with Gasteiger partial charge in [-0.15, -0.1) is 0 Å². The van der Waals surface area contributed by atoms with Crippen molar-refractivity contribution in [1.29, 1.82) is 0 Å². The van der Waals surface area contributed by atoms with Crippen LogP contribution in [0.2, 0.25) is 0 Å². The van der Waals surface area contributed by atoms with Crippen LogP contribution in [0.1, 0.15) is 31.5 Å². The maximum absolute atomic E-state index is 10.6. The zero-order valence-corrected chi connectivity index (χ0v) is 13.2. The molecule has 1 aliphatic heterocycles. The average molecular weight is 314 g/mol. The molecule has 2 N–H and O–H groups in total. The van der Waals surface area contributed by atoms with Gasteiger partial charge in [-0.25, -0.2) is 9.97 Å². The van der Waals surface area contributed by atoms with Crippen molar-refractivity contribution in [3.8, 4) is 0 Å². The second-order valence-electron chi connectivity index (χ2n) is 5.91. The van der Waals surface area contributed by atoms with Gasteiger partial charge in [0.1, 0.15) is 11.6 Å². The van der Waals surface area contributed by atoms with Gasteiger partial charge in [0.25, 0.3) is 0 Å². The molecular formula is C17H22N4O2. The number of aromatic nitrogens is 2. The lowest BCUT2D eigenvalue weighted by Crippen LogP contribution is -2.20. The van der Waals surface area contributed by atoms with Crippen molar-refractivity contribution in [2.24, 2.45) is 0 Å². The fraction of sp³-hybridized carbons (Fsp3) is 0.471. The molecule has 0 radical (unpaired) electrons. The van der Waals surface area contributed by atoms with Crippen LogP contribution in [0.25, 0.3) is 10.9 Å². The highest BCUT2D eigenvalue weighted by Gasteiger charge is 2.15. The zero-order valence-electron chi connectivity index (χ0n) is 13.2. The number of nitrogens with one attached hydrogen (secondary N) is 1. The van der Waals surface area contributed by atoms with E-state index in [4.69, 9.17) is 5.11 Å². The molecule has 0 saturated carbocycles. The van der Waals surface area contributed by atoms with Crippen LogP contribution in [-0.2, 0) is 11.3 Å². The normalized spacial score (nSPS) is 15.1. The predicted octanol–water partition coefficient (Wildman–Crippen LogP) is 2.50. The number of hydrogen-bond acceptors (Lipinski definition) is 5. The molecule has 6 nitrogen and oxygen atoms in total. The maximum atomic E-state index is 10.6. The van der Waals surface area contributed by atoms with Crippen LogP contribution in [0.4, 0.5) is 5.82 Å². The van der Waals surface area contributed by atoms with Gasteiger partial charge in [0.15, 0.2) is 0 Å². The fourth-order valence-electron chi connectivity index (χ4n) is 2.92. The van der Waals surface area contributed by atoms with Gasteiger partial charge in [-0.2, -0.15) is 0 Å². The molecule has 1 aromatic carbocycles. The summed E-state index contributed by atoms with van der Waals surface area (Å²) in [6.45, 7) is 3.58. The summed E-state index contributed by atoms with van der Waals surface area (Å²) in [4.78, 5) is 22.3. The van der Waals surface area contributed by atoms with E-state index in [2.05, 4.69) is 20.2 Å². The summed E-state index contributed by atoms with van der Waals surface area (Å²) in [7, 11) is 0. The number of fused-ring (bicyclic) bond motifs is 1. The molecule has 23 heavy (non-hydrogen) atoms. The van der Waals surface area contributed by atoms with E-state index in [1.807, 2.05) is 24.3 Å². The second-order valence-corrected chi connectivity index (χ2v) is 5.91. The average Bonchev–Trinajstić information content (AvgIpc) is 3.04. The molecule has 0 aliphatic carbocycles. The molecular weight excluding hydrogens is 292 g/mol. The van der Waals surface area contributed by atoms with E-state index in [1.165, 1.54) is 12.8 Å². The van der Waals surface area contributed by atoms with Gasteiger partial charge >= 0.3 is 5.97 Å². The number of para-hydroxylation sites is 1. The van der Waals surface area contributed by atoms with E-state index in [0.29, 0.717) is 13.0 Å². The topological polar surface area (TPSA) is 78.3 Å². The standard InChI is InChI=1S/C17H22N4O2/c22-16(23)8-5-9-18-17-13-6-1-2-7-14(13)19-15(20-17)12-21-10-3-4-11-21/h1-2,6-7H,3-5,8-12H2,(H,22,23)(H,18,19,20). The van der Waals surface area contributed by atoms with E-state index >= 15 is 0 Å². The molecule has 0 amide bonds. The Morgan fingerprint density at radius 1 is 1.22 bits per heavy atom. The lowest BCUT2D eigenvalue weighted by atomic mass is 10.2. The van der Waals surface area contributed by atoms with Crippen LogP contribution in [0.15, 0.2) is 24.3 Å².